The van der Waals surface area contributed by atoms with Gasteiger partial charge in [-0.05, 0) is 36.4 Å². The van der Waals surface area contributed by atoms with Gasteiger partial charge >= 0.3 is 0 Å². The topological polar surface area (TPSA) is 95.3 Å². The monoisotopic (exact) mass is 374 g/mol. The van der Waals surface area contributed by atoms with Crippen molar-refractivity contribution in [3.63, 3.8) is 0 Å². The molecule has 0 bridgehead atoms. The second-order valence-corrected chi connectivity index (χ2v) is 7.12. The van der Waals surface area contributed by atoms with Gasteiger partial charge in [-0.15, -0.1) is 5.10 Å². The number of benzene rings is 2. The summed E-state index contributed by atoms with van der Waals surface area (Å²) in [5, 5.41) is 8.02. The highest BCUT2D eigenvalue weighted by molar-refractivity contribution is 7.89. The first-order valence-corrected chi connectivity index (χ1v) is 9.19. The van der Waals surface area contributed by atoms with Crippen molar-refractivity contribution in [1.29, 1.82) is 0 Å². The quantitative estimate of drug-likeness (QED) is 0.677. The smallest absolute Gasteiger partial charge is 0.240 e. The summed E-state index contributed by atoms with van der Waals surface area (Å²) >= 11 is 0. The van der Waals surface area contributed by atoms with Crippen LogP contribution < -0.4 is 14.2 Å². The zero-order chi connectivity index (χ0) is 18.6. The van der Waals surface area contributed by atoms with Crippen molar-refractivity contribution < 1.29 is 17.9 Å². The fourth-order valence-electron chi connectivity index (χ4n) is 2.27. The molecule has 0 fully saturated rings. The van der Waals surface area contributed by atoms with E-state index >= 15 is 0 Å². The standard InChI is InChI=1S/C17H18N4O4S/c1-24-15-6-8-17(9-7-15)26(22,23)18-11-13-12-21(20-19-13)14-4-3-5-16(10-14)25-2/h3-10,12,18H,11H2,1-2H3. The molecule has 0 atom stereocenters. The first-order chi connectivity index (χ1) is 12.5. The van der Waals surface area contributed by atoms with Gasteiger partial charge in [0.05, 0.1) is 43.2 Å². The van der Waals surface area contributed by atoms with E-state index < -0.39 is 10.0 Å². The lowest BCUT2D eigenvalue weighted by Crippen LogP contribution is -2.23. The molecular formula is C17H18N4O4S. The Hall–Kier alpha value is -2.91. The van der Waals surface area contributed by atoms with Crippen LogP contribution in [0.4, 0.5) is 0 Å². The molecular weight excluding hydrogens is 356 g/mol. The summed E-state index contributed by atoms with van der Waals surface area (Å²) in [7, 11) is -0.548. The van der Waals surface area contributed by atoms with E-state index in [9.17, 15) is 8.42 Å². The SMILES string of the molecule is COc1ccc(S(=O)(=O)NCc2cn(-c3cccc(OC)c3)nn2)cc1. The molecule has 0 aliphatic rings. The minimum absolute atomic E-state index is 0.0261. The van der Waals surface area contributed by atoms with Gasteiger partial charge in [0.2, 0.25) is 10.0 Å². The average molecular weight is 374 g/mol. The summed E-state index contributed by atoms with van der Waals surface area (Å²) in [5.74, 6) is 1.28. The number of rotatable bonds is 7. The average Bonchev–Trinajstić information content (AvgIpc) is 3.16. The summed E-state index contributed by atoms with van der Waals surface area (Å²) in [6.07, 6.45) is 1.66. The maximum Gasteiger partial charge on any atom is 0.240 e. The number of aromatic nitrogens is 3. The van der Waals surface area contributed by atoms with Crippen molar-refractivity contribution >= 4 is 10.0 Å². The Morgan fingerprint density at radius 2 is 1.77 bits per heavy atom. The van der Waals surface area contributed by atoms with Crippen LogP contribution in [0.2, 0.25) is 0 Å². The normalized spacial score (nSPS) is 11.3. The lowest BCUT2D eigenvalue weighted by Gasteiger charge is -2.06. The highest BCUT2D eigenvalue weighted by Crippen LogP contribution is 2.17. The molecule has 136 valence electrons. The molecule has 0 aliphatic carbocycles. The maximum atomic E-state index is 12.3. The summed E-state index contributed by atoms with van der Waals surface area (Å²) < 4.78 is 39.0. The van der Waals surface area contributed by atoms with E-state index in [0.29, 0.717) is 17.2 Å². The van der Waals surface area contributed by atoms with Gasteiger partial charge in [0.1, 0.15) is 11.5 Å². The number of nitrogens with zero attached hydrogens (tertiary/aromatic N) is 3. The Balaban J connectivity index is 1.70. The summed E-state index contributed by atoms with van der Waals surface area (Å²) in [6.45, 7) is 0.0261. The highest BCUT2D eigenvalue weighted by Gasteiger charge is 2.15. The third-order valence-electron chi connectivity index (χ3n) is 3.67. The van der Waals surface area contributed by atoms with Gasteiger partial charge in [-0.25, -0.2) is 17.8 Å². The molecule has 2 aromatic carbocycles. The maximum absolute atomic E-state index is 12.3. The molecule has 0 saturated carbocycles. The second kappa shape index (κ2) is 7.54. The van der Waals surface area contributed by atoms with E-state index in [4.69, 9.17) is 9.47 Å². The van der Waals surface area contributed by atoms with Crippen LogP contribution in [-0.2, 0) is 16.6 Å². The van der Waals surface area contributed by atoms with Crippen LogP contribution >= 0.6 is 0 Å². The Labute approximate surface area is 151 Å². The minimum Gasteiger partial charge on any atom is -0.497 e. The molecule has 0 radical (unpaired) electrons. The molecule has 26 heavy (non-hydrogen) atoms. The van der Waals surface area contributed by atoms with Crippen LogP contribution in [0, 0.1) is 0 Å². The Morgan fingerprint density at radius 3 is 2.46 bits per heavy atom. The molecule has 1 aromatic heterocycles. The summed E-state index contributed by atoms with van der Waals surface area (Å²) in [4.78, 5) is 0.151. The molecule has 0 aliphatic heterocycles. The van der Waals surface area contributed by atoms with Gasteiger partial charge in [-0.3, -0.25) is 0 Å². The van der Waals surface area contributed by atoms with Gasteiger partial charge in [-0.1, -0.05) is 11.3 Å². The predicted octanol–water partition coefficient (Wildman–Crippen LogP) is 1.76. The summed E-state index contributed by atoms with van der Waals surface area (Å²) in [5.41, 5.74) is 1.26. The van der Waals surface area contributed by atoms with E-state index in [1.54, 1.807) is 36.2 Å². The second-order valence-electron chi connectivity index (χ2n) is 5.36. The Bertz CT molecular complexity index is 984. The molecule has 0 saturated heterocycles. The number of ether oxygens (including phenoxy) is 2. The molecule has 0 spiro atoms. The molecule has 0 amide bonds. The molecule has 3 rings (SSSR count). The van der Waals surface area contributed by atoms with Crippen LogP contribution in [-0.4, -0.2) is 37.6 Å². The largest absolute Gasteiger partial charge is 0.497 e. The predicted molar refractivity (Wildman–Crippen MR) is 94.9 cm³/mol. The number of nitrogens with one attached hydrogen (secondary N) is 1. The van der Waals surface area contributed by atoms with E-state index in [2.05, 4.69) is 15.0 Å². The molecule has 0 unspecified atom stereocenters. The van der Waals surface area contributed by atoms with Crippen LogP contribution in [0.3, 0.4) is 0 Å². The lowest BCUT2D eigenvalue weighted by molar-refractivity contribution is 0.414. The summed E-state index contributed by atoms with van der Waals surface area (Å²) in [6, 6.07) is 13.5. The van der Waals surface area contributed by atoms with Crippen molar-refractivity contribution in [2.75, 3.05) is 14.2 Å². The van der Waals surface area contributed by atoms with Crippen molar-refractivity contribution in [2.24, 2.45) is 0 Å². The Morgan fingerprint density at radius 1 is 1.04 bits per heavy atom. The minimum atomic E-state index is -3.65. The lowest BCUT2D eigenvalue weighted by atomic mass is 10.3. The fraction of sp³-hybridized carbons (Fsp3) is 0.176. The van der Waals surface area contributed by atoms with Crippen LogP contribution in [0.15, 0.2) is 59.6 Å². The van der Waals surface area contributed by atoms with Crippen molar-refractivity contribution in [3.05, 3.63) is 60.4 Å². The molecule has 1 N–H and O–H groups in total. The third-order valence-corrected chi connectivity index (χ3v) is 5.09. The van der Waals surface area contributed by atoms with Gasteiger partial charge in [0.25, 0.3) is 0 Å². The zero-order valence-electron chi connectivity index (χ0n) is 14.3. The van der Waals surface area contributed by atoms with E-state index in [1.165, 1.54) is 19.2 Å². The number of hydrogen-bond donors (Lipinski definition) is 1. The van der Waals surface area contributed by atoms with E-state index in [1.807, 2.05) is 18.2 Å². The van der Waals surface area contributed by atoms with Crippen molar-refractivity contribution in [3.8, 4) is 17.2 Å². The van der Waals surface area contributed by atoms with E-state index in [0.717, 1.165) is 5.69 Å². The molecule has 1 heterocycles. The molecule has 8 nitrogen and oxygen atoms in total. The van der Waals surface area contributed by atoms with Crippen LogP contribution in [0.5, 0.6) is 11.5 Å². The van der Waals surface area contributed by atoms with Gasteiger partial charge in [-0.2, -0.15) is 0 Å². The van der Waals surface area contributed by atoms with Gasteiger partial charge in [0, 0.05) is 6.07 Å². The van der Waals surface area contributed by atoms with Crippen LogP contribution in [0.1, 0.15) is 5.69 Å². The highest BCUT2D eigenvalue weighted by atomic mass is 32.2. The van der Waals surface area contributed by atoms with Crippen molar-refractivity contribution in [2.45, 2.75) is 11.4 Å². The zero-order valence-corrected chi connectivity index (χ0v) is 15.1. The molecule has 3 aromatic rings. The number of sulfonamides is 1. The number of hydrogen-bond acceptors (Lipinski definition) is 6. The first-order valence-electron chi connectivity index (χ1n) is 7.71. The van der Waals surface area contributed by atoms with Gasteiger partial charge < -0.3 is 9.47 Å². The molecule has 9 heteroatoms. The van der Waals surface area contributed by atoms with Crippen LogP contribution in [0.25, 0.3) is 5.69 Å². The fourth-order valence-corrected chi connectivity index (χ4v) is 3.26. The first kappa shape index (κ1) is 17.9. The van der Waals surface area contributed by atoms with Crippen molar-refractivity contribution in [1.82, 2.24) is 19.7 Å². The Kier molecular flexibility index (Phi) is 5.19. The number of methoxy groups -OCH3 is 2. The van der Waals surface area contributed by atoms with Gasteiger partial charge in [0.15, 0.2) is 0 Å². The van der Waals surface area contributed by atoms with E-state index in [-0.39, 0.29) is 11.4 Å². The third kappa shape index (κ3) is 4.01.